The topological polar surface area (TPSA) is 61.3 Å². The number of aromatic nitrogens is 2. The number of aliphatic hydroxyl groups is 1. The van der Waals surface area contributed by atoms with Gasteiger partial charge in [0.05, 0.1) is 6.61 Å². The number of nitrogens with zero attached hydrogens (tertiary/aromatic N) is 3. The van der Waals surface area contributed by atoms with Gasteiger partial charge in [-0.25, -0.2) is 9.97 Å². The highest BCUT2D eigenvalue weighted by molar-refractivity contribution is 7.98. The normalized spacial score (nSPS) is 15.3. The smallest absolute Gasteiger partial charge is 0.191 e. The summed E-state index contributed by atoms with van der Waals surface area (Å²) in [4.78, 5) is 11.1. The molecule has 5 nitrogen and oxygen atoms in total. The minimum absolute atomic E-state index is 0.157. The Balaban J connectivity index is 2.26. The van der Waals surface area contributed by atoms with Crippen molar-refractivity contribution in [3.63, 3.8) is 0 Å². The van der Waals surface area contributed by atoms with Crippen LogP contribution in [0.2, 0.25) is 0 Å². The molecule has 18 heavy (non-hydrogen) atoms. The summed E-state index contributed by atoms with van der Waals surface area (Å²) >= 11 is 1.53. The number of rotatable bonds is 6. The van der Waals surface area contributed by atoms with Crippen molar-refractivity contribution in [3.05, 3.63) is 6.07 Å². The number of anilines is 2. The van der Waals surface area contributed by atoms with Crippen molar-refractivity contribution < 1.29 is 5.11 Å². The lowest BCUT2D eigenvalue weighted by atomic mass is 9.91. The summed E-state index contributed by atoms with van der Waals surface area (Å²) < 4.78 is 0. The highest BCUT2D eigenvalue weighted by atomic mass is 32.2. The summed E-state index contributed by atoms with van der Waals surface area (Å²) in [6.07, 6.45) is 5.62. The monoisotopic (exact) mass is 268 g/mol. The first-order valence-corrected chi connectivity index (χ1v) is 7.49. The summed E-state index contributed by atoms with van der Waals surface area (Å²) in [5.74, 6) is 1.74. The van der Waals surface area contributed by atoms with Gasteiger partial charge in [0, 0.05) is 25.7 Å². The van der Waals surface area contributed by atoms with Gasteiger partial charge in [-0.1, -0.05) is 11.8 Å². The van der Waals surface area contributed by atoms with Gasteiger partial charge in [-0.2, -0.15) is 0 Å². The van der Waals surface area contributed by atoms with Crippen LogP contribution in [0.1, 0.15) is 19.3 Å². The van der Waals surface area contributed by atoms with E-state index in [4.69, 9.17) is 0 Å². The third-order valence-corrected chi connectivity index (χ3v) is 3.83. The van der Waals surface area contributed by atoms with E-state index in [0.717, 1.165) is 16.8 Å². The van der Waals surface area contributed by atoms with Gasteiger partial charge in [0.1, 0.15) is 11.6 Å². The SMILES string of the molecule is CNc1cc(N(CCO)C2CCC2)nc(SC)n1. The van der Waals surface area contributed by atoms with Crippen molar-refractivity contribution in [2.75, 3.05) is 36.7 Å². The molecule has 1 fully saturated rings. The molecule has 2 N–H and O–H groups in total. The van der Waals surface area contributed by atoms with E-state index in [1.165, 1.54) is 31.0 Å². The van der Waals surface area contributed by atoms with Gasteiger partial charge < -0.3 is 15.3 Å². The molecule has 100 valence electrons. The lowest BCUT2D eigenvalue weighted by Gasteiger charge is -2.38. The fourth-order valence-corrected chi connectivity index (χ4v) is 2.44. The Morgan fingerprint density at radius 1 is 1.50 bits per heavy atom. The first-order valence-electron chi connectivity index (χ1n) is 6.26. The Bertz CT molecular complexity index is 375. The number of hydrogen-bond donors (Lipinski definition) is 2. The third kappa shape index (κ3) is 2.87. The standard InChI is InChI=1S/C12H20N4OS/c1-13-10-8-11(15-12(14-10)18-2)16(6-7-17)9-4-3-5-9/h8-9,17H,3-7H2,1-2H3,(H,13,14,15). The number of thioether (sulfide) groups is 1. The minimum Gasteiger partial charge on any atom is -0.395 e. The Kier molecular flexibility index (Phi) is 4.66. The molecule has 0 unspecified atom stereocenters. The average molecular weight is 268 g/mol. The van der Waals surface area contributed by atoms with Gasteiger partial charge >= 0.3 is 0 Å². The van der Waals surface area contributed by atoms with Crippen LogP contribution >= 0.6 is 11.8 Å². The van der Waals surface area contributed by atoms with Gasteiger partial charge in [0.15, 0.2) is 5.16 Å². The van der Waals surface area contributed by atoms with E-state index in [-0.39, 0.29) is 6.61 Å². The highest BCUT2D eigenvalue weighted by Crippen LogP contribution is 2.30. The number of aliphatic hydroxyl groups excluding tert-OH is 1. The van der Waals surface area contributed by atoms with Crippen molar-refractivity contribution in [2.45, 2.75) is 30.5 Å². The lowest BCUT2D eigenvalue weighted by molar-refractivity contribution is 0.282. The predicted molar refractivity (Wildman–Crippen MR) is 75.4 cm³/mol. The lowest BCUT2D eigenvalue weighted by Crippen LogP contribution is -2.42. The first kappa shape index (κ1) is 13.4. The van der Waals surface area contributed by atoms with Gasteiger partial charge in [0.25, 0.3) is 0 Å². The van der Waals surface area contributed by atoms with Crippen molar-refractivity contribution in [1.29, 1.82) is 0 Å². The second kappa shape index (κ2) is 6.24. The van der Waals surface area contributed by atoms with Crippen LogP contribution in [0.3, 0.4) is 0 Å². The maximum atomic E-state index is 9.21. The molecule has 0 saturated heterocycles. The molecule has 1 aliphatic rings. The Labute approximate surface area is 112 Å². The minimum atomic E-state index is 0.157. The number of nitrogens with one attached hydrogen (secondary N) is 1. The maximum absolute atomic E-state index is 9.21. The summed E-state index contributed by atoms with van der Waals surface area (Å²) in [7, 11) is 1.86. The summed E-state index contributed by atoms with van der Waals surface area (Å²) in [5, 5.41) is 13.0. The zero-order valence-electron chi connectivity index (χ0n) is 10.9. The largest absolute Gasteiger partial charge is 0.395 e. The number of hydrogen-bond acceptors (Lipinski definition) is 6. The first-order chi connectivity index (χ1) is 8.78. The average Bonchev–Trinajstić information content (AvgIpc) is 2.35. The predicted octanol–water partition coefficient (Wildman–Crippen LogP) is 1.59. The fourth-order valence-electron chi connectivity index (χ4n) is 2.07. The van der Waals surface area contributed by atoms with Gasteiger partial charge in [0.2, 0.25) is 0 Å². The zero-order chi connectivity index (χ0) is 13.0. The molecule has 0 aliphatic heterocycles. The van der Waals surface area contributed by atoms with Gasteiger partial charge in [-0.15, -0.1) is 0 Å². The van der Waals surface area contributed by atoms with E-state index in [1.54, 1.807) is 0 Å². The molecule has 0 amide bonds. The Hall–Kier alpha value is -1.01. The molecule has 1 saturated carbocycles. The quantitative estimate of drug-likeness (QED) is 0.603. The van der Waals surface area contributed by atoms with Crippen molar-refractivity contribution >= 4 is 23.4 Å². The van der Waals surface area contributed by atoms with Crippen LogP contribution in [-0.4, -0.2) is 47.6 Å². The van der Waals surface area contributed by atoms with Crippen LogP contribution in [0.4, 0.5) is 11.6 Å². The summed E-state index contributed by atoms with van der Waals surface area (Å²) in [6.45, 7) is 0.794. The molecule has 0 bridgehead atoms. The molecule has 0 aromatic carbocycles. The van der Waals surface area contributed by atoms with Crippen LogP contribution < -0.4 is 10.2 Å². The van der Waals surface area contributed by atoms with E-state index >= 15 is 0 Å². The van der Waals surface area contributed by atoms with E-state index < -0.39 is 0 Å². The Morgan fingerprint density at radius 3 is 2.78 bits per heavy atom. The summed E-state index contributed by atoms with van der Waals surface area (Å²) in [6, 6.07) is 2.47. The van der Waals surface area contributed by atoms with E-state index in [1.807, 2.05) is 19.4 Å². The molecule has 1 aromatic heterocycles. The van der Waals surface area contributed by atoms with E-state index in [2.05, 4.69) is 20.2 Å². The van der Waals surface area contributed by atoms with Crippen molar-refractivity contribution in [3.8, 4) is 0 Å². The third-order valence-electron chi connectivity index (χ3n) is 3.28. The molecule has 1 aromatic rings. The van der Waals surface area contributed by atoms with Crippen molar-refractivity contribution in [2.24, 2.45) is 0 Å². The Morgan fingerprint density at radius 2 is 2.28 bits per heavy atom. The summed E-state index contributed by atoms with van der Waals surface area (Å²) in [5.41, 5.74) is 0. The van der Waals surface area contributed by atoms with Crippen LogP contribution in [0.5, 0.6) is 0 Å². The van der Waals surface area contributed by atoms with Crippen molar-refractivity contribution in [1.82, 2.24) is 9.97 Å². The van der Waals surface area contributed by atoms with Crippen LogP contribution in [-0.2, 0) is 0 Å². The second-order valence-electron chi connectivity index (χ2n) is 4.35. The molecule has 2 rings (SSSR count). The van der Waals surface area contributed by atoms with Crippen LogP contribution in [0.25, 0.3) is 0 Å². The fraction of sp³-hybridized carbons (Fsp3) is 0.667. The highest BCUT2D eigenvalue weighted by Gasteiger charge is 2.26. The molecule has 0 spiro atoms. The van der Waals surface area contributed by atoms with E-state index in [9.17, 15) is 5.11 Å². The molecule has 6 heteroatoms. The second-order valence-corrected chi connectivity index (χ2v) is 5.12. The molecular weight excluding hydrogens is 248 g/mol. The van der Waals surface area contributed by atoms with Crippen LogP contribution in [0, 0.1) is 0 Å². The zero-order valence-corrected chi connectivity index (χ0v) is 11.7. The molecular formula is C12H20N4OS. The molecule has 0 radical (unpaired) electrons. The van der Waals surface area contributed by atoms with Crippen LogP contribution in [0.15, 0.2) is 11.2 Å². The van der Waals surface area contributed by atoms with Gasteiger partial charge in [-0.05, 0) is 25.5 Å². The van der Waals surface area contributed by atoms with E-state index in [0.29, 0.717) is 12.6 Å². The maximum Gasteiger partial charge on any atom is 0.191 e. The molecule has 0 atom stereocenters. The molecule has 1 aliphatic carbocycles. The molecule has 1 heterocycles. The van der Waals surface area contributed by atoms with Gasteiger partial charge in [-0.3, -0.25) is 0 Å².